The summed E-state index contributed by atoms with van der Waals surface area (Å²) < 4.78 is 43.3. The van der Waals surface area contributed by atoms with Crippen LogP contribution >= 0.6 is 0 Å². The van der Waals surface area contributed by atoms with Crippen molar-refractivity contribution in [2.75, 3.05) is 27.3 Å². The van der Waals surface area contributed by atoms with Gasteiger partial charge in [-0.25, -0.2) is 13.2 Å². The van der Waals surface area contributed by atoms with Crippen molar-refractivity contribution < 1.29 is 32.2 Å². The standard InChI is InChI=1S/C24H29NO7S/c1-17(23(26)21-12-11-19(30-2)16-22(21)31-3)32-24(27)18-9-8-10-20(15-18)33(28,29)25-13-6-4-5-7-14-25/h8-12,15-17H,4-7,13-14H2,1-3H3/t17-/m0/s1. The lowest BCUT2D eigenvalue weighted by Gasteiger charge is -2.20. The molecule has 0 aliphatic carbocycles. The van der Waals surface area contributed by atoms with E-state index in [1.807, 2.05) is 0 Å². The highest BCUT2D eigenvalue weighted by molar-refractivity contribution is 7.89. The number of methoxy groups -OCH3 is 2. The molecule has 0 spiro atoms. The number of nitrogens with zero attached hydrogens (tertiary/aromatic N) is 1. The maximum atomic E-state index is 13.0. The Balaban J connectivity index is 1.76. The predicted octanol–water partition coefficient (Wildman–Crippen LogP) is 3.70. The average Bonchev–Trinajstić information content (AvgIpc) is 3.13. The van der Waals surface area contributed by atoms with Crippen LogP contribution in [-0.4, -0.2) is 57.9 Å². The number of benzene rings is 2. The first-order valence-electron chi connectivity index (χ1n) is 10.9. The Morgan fingerprint density at radius 3 is 2.27 bits per heavy atom. The Kier molecular flexibility index (Phi) is 8.10. The molecule has 1 fully saturated rings. The normalized spacial score (nSPS) is 15.8. The molecular weight excluding hydrogens is 446 g/mol. The summed E-state index contributed by atoms with van der Waals surface area (Å²) in [5, 5.41) is 0. The van der Waals surface area contributed by atoms with Gasteiger partial charge in [-0.2, -0.15) is 4.31 Å². The van der Waals surface area contributed by atoms with Crippen LogP contribution in [0.15, 0.2) is 47.4 Å². The van der Waals surface area contributed by atoms with Crippen molar-refractivity contribution in [1.29, 1.82) is 0 Å². The van der Waals surface area contributed by atoms with Crippen molar-refractivity contribution in [2.45, 2.75) is 43.6 Å². The molecule has 0 radical (unpaired) electrons. The second kappa shape index (κ2) is 10.8. The van der Waals surface area contributed by atoms with E-state index < -0.39 is 27.9 Å². The molecule has 0 amide bonds. The highest BCUT2D eigenvalue weighted by Gasteiger charge is 2.27. The van der Waals surface area contributed by atoms with Gasteiger partial charge in [0.2, 0.25) is 15.8 Å². The van der Waals surface area contributed by atoms with Crippen LogP contribution in [-0.2, 0) is 14.8 Å². The topological polar surface area (TPSA) is 99.2 Å². The van der Waals surface area contributed by atoms with Gasteiger partial charge in [0.1, 0.15) is 11.5 Å². The zero-order chi connectivity index (χ0) is 24.0. The molecule has 8 nitrogen and oxygen atoms in total. The predicted molar refractivity (Wildman–Crippen MR) is 122 cm³/mol. The van der Waals surface area contributed by atoms with Gasteiger partial charge in [0.25, 0.3) is 0 Å². The van der Waals surface area contributed by atoms with Crippen LogP contribution in [0, 0.1) is 0 Å². The molecule has 9 heteroatoms. The van der Waals surface area contributed by atoms with Crippen molar-refractivity contribution in [3.63, 3.8) is 0 Å². The van der Waals surface area contributed by atoms with E-state index in [2.05, 4.69) is 0 Å². The van der Waals surface area contributed by atoms with E-state index in [0.29, 0.717) is 24.6 Å². The van der Waals surface area contributed by atoms with Crippen LogP contribution in [0.4, 0.5) is 0 Å². The van der Waals surface area contributed by atoms with Crippen LogP contribution in [0.2, 0.25) is 0 Å². The van der Waals surface area contributed by atoms with E-state index in [9.17, 15) is 18.0 Å². The number of hydrogen-bond acceptors (Lipinski definition) is 7. The van der Waals surface area contributed by atoms with Crippen LogP contribution in [0.1, 0.15) is 53.3 Å². The van der Waals surface area contributed by atoms with Crippen molar-refractivity contribution in [3.05, 3.63) is 53.6 Å². The van der Waals surface area contributed by atoms with Gasteiger partial charge < -0.3 is 14.2 Å². The molecule has 3 rings (SSSR count). The number of carbonyl (C=O) groups excluding carboxylic acids is 2. The number of esters is 1. The summed E-state index contributed by atoms with van der Waals surface area (Å²) in [5.41, 5.74) is 0.309. The molecule has 178 valence electrons. The van der Waals surface area contributed by atoms with Crippen LogP contribution < -0.4 is 9.47 Å². The first-order chi connectivity index (χ1) is 15.8. The fourth-order valence-electron chi connectivity index (χ4n) is 3.72. The lowest BCUT2D eigenvalue weighted by molar-refractivity contribution is 0.0317. The van der Waals surface area contributed by atoms with Gasteiger partial charge in [-0.1, -0.05) is 18.9 Å². The fourth-order valence-corrected chi connectivity index (χ4v) is 5.28. The number of hydrogen-bond donors (Lipinski definition) is 0. The number of rotatable bonds is 8. The minimum absolute atomic E-state index is 0.0367. The van der Waals surface area contributed by atoms with Crippen molar-refractivity contribution in [3.8, 4) is 11.5 Å². The Labute approximate surface area is 194 Å². The zero-order valence-electron chi connectivity index (χ0n) is 19.1. The third-order valence-electron chi connectivity index (χ3n) is 5.60. The van der Waals surface area contributed by atoms with Gasteiger partial charge in [0, 0.05) is 19.2 Å². The SMILES string of the molecule is COc1ccc(C(=O)[C@H](C)OC(=O)c2cccc(S(=O)(=O)N3CCCCCC3)c2)c(OC)c1. The minimum atomic E-state index is -3.71. The Hall–Kier alpha value is -2.91. The van der Waals surface area contributed by atoms with Gasteiger partial charge in [0.15, 0.2) is 6.10 Å². The summed E-state index contributed by atoms with van der Waals surface area (Å²) in [4.78, 5) is 25.6. The summed E-state index contributed by atoms with van der Waals surface area (Å²) in [6.07, 6.45) is 2.53. The summed E-state index contributed by atoms with van der Waals surface area (Å²) in [7, 11) is -0.784. The summed E-state index contributed by atoms with van der Waals surface area (Å²) in [5.74, 6) is -0.407. The summed E-state index contributed by atoms with van der Waals surface area (Å²) >= 11 is 0. The van der Waals surface area contributed by atoms with Gasteiger partial charge in [0.05, 0.1) is 30.2 Å². The molecule has 0 unspecified atom stereocenters. The lowest BCUT2D eigenvalue weighted by Crippen LogP contribution is -2.32. The number of ketones is 1. The minimum Gasteiger partial charge on any atom is -0.497 e. The highest BCUT2D eigenvalue weighted by atomic mass is 32.2. The van der Waals surface area contributed by atoms with Crippen molar-refractivity contribution >= 4 is 21.8 Å². The molecule has 1 atom stereocenters. The Bertz CT molecular complexity index is 1110. The molecule has 1 aliphatic heterocycles. The molecule has 1 heterocycles. The third kappa shape index (κ3) is 5.72. The highest BCUT2D eigenvalue weighted by Crippen LogP contribution is 2.27. The average molecular weight is 476 g/mol. The monoisotopic (exact) mass is 475 g/mol. The maximum absolute atomic E-state index is 13.0. The van der Waals surface area contributed by atoms with E-state index >= 15 is 0 Å². The Morgan fingerprint density at radius 2 is 1.64 bits per heavy atom. The second-order valence-corrected chi connectivity index (χ2v) is 9.76. The quantitative estimate of drug-likeness (QED) is 0.424. The van der Waals surface area contributed by atoms with Gasteiger partial charge in [-0.05, 0) is 50.1 Å². The molecule has 0 saturated carbocycles. The Morgan fingerprint density at radius 1 is 0.939 bits per heavy atom. The lowest BCUT2D eigenvalue weighted by atomic mass is 10.1. The molecule has 1 aliphatic rings. The number of sulfonamides is 1. The zero-order valence-corrected chi connectivity index (χ0v) is 19.9. The molecule has 0 aromatic heterocycles. The first kappa shape index (κ1) is 24.7. The van der Waals surface area contributed by atoms with Crippen LogP contribution in [0.5, 0.6) is 11.5 Å². The first-order valence-corrected chi connectivity index (χ1v) is 12.3. The van der Waals surface area contributed by atoms with E-state index in [1.165, 1.54) is 49.7 Å². The van der Waals surface area contributed by atoms with E-state index in [4.69, 9.17) is 14.2 Å². The van der Waals surface area contributed by atoms with E-state index in [0.717, 1.165) is 25.7 Å². The van der Waals surface area contributed by atoms with Crippen molar-refractivity contribution in [2.24, 2.45) is 0 Å². The molecule has 0 N–H and O–H groups in total. The van der Waals surface area contributed by atoms with Crippen molar-refractivity contribution in [1.82, 2.24) is 4.31 Å². The second-order valence-electron chi connectivity index (χ2n) is 7.82. The number of carbonyl (C=O) groups is 2. The molecule has 2 aromatic rings. The number of Topliss-reactive ketones (excluding diaryl/α,β-unsaturated/α-hetero) is 1. The largest absolute Gasteiger partial charge is 0.497 e. The molecule has 33 heavy (non-hydrogen) atoms. The smallest absolute Gasteiger partial charge is 0.338 e. The van der Waals surface area contributed by atoms with Crippen LogP contribution in [0.3, 0.4) is 0 Å². The summed E-state index contributed by atoms with van der Waals surface area (Å²) in [6, 6.07) is 10.5. The van der Waals surface area contributed by atoms with E-state index in [-0.39, 0.29) is 16.0 Å². The molecule has 1 saturated heterocycles. The molecule has 2 aromatic carbocycles. The fraction of sp³-hybridized carbons (Fsp3) is 0.417. The van der Waals surface area contributed by atoms with Gasteiger partial charge in [-0.15, -0.1) is 0 Å². The van der Waals surface area contributed by atoms with Gasteiger partial charge in [-0.3, -0.25) is 4.79 Å². The number of ether oxygens (including phenoxy) is 3. The molecule has 0 bridgehead atoms. The van der Waals surface area contributed by atoms with Crippen LogP contribution in [0.25, 0.3) is 0 Å². The third-order valence-corrected chi connectivity index (χ3v) is 7.49. The molecular formula is C24H29NO7S. The van der Waals surface area contributed by atoms with E-state index in [1.54, 1.807) is 18.2 Å². The van der Waals surface area contributed by atoms with Gasteiger partial charge >= 0.3 is 5.97 Å². The maximum Gasteiger partial charge on any atom is 0.338 e. The summed E-state index contributed by atoms with van der Waals surface area (Å²) in [6.45, 7) is 2.39.